The maximum absolute atomic E-state index is 10.1. The Bertz CT molecular complexity index is 640. The molecule has 0 amide bonds. The van der Waals surface area contributed by atoms with Crippen LogP contribution in [0.5, 0.6) is 5.75 Å². The maximum atomic E-state index is 10.1. The summed E-state index contributed by atoms with van der Waals surface area (Å²) in [6.45, 7) is 9.82. The summed E-state index contributed by atoms with van der Waals surface area (Å²) in [5, 5.41) is 10.1. The van der Waals surface area contributed by atoms with Crippen LogP contribution in [0.4, 0.5) is 0 Å². The molecule has 1 radical (unpaired) electrons. The zero-order chi connectivity index (χ0) is 17.8. The van der Waals surface area contributed by atoms with E-state index in [-0.39, 0.29) is 0 Å². The number of benzene rings is 2. The minimum Gasteiger partial charge on any atom is -0.489 e. The average Bonchev–Trinajstić information content (AvgIpc) is 2.52. The third-order valence-electron chi connectivity index (χ3n) is 4.37. The van der Waals surface area contributed by atoms with Gasteiger partial charge in [0.2, 0.25) is 0 Å². The van der Waals surface area contributed by atoms with E-state index in [1.165, 1.54) is 5.56 Å². The van der Waals surface area contributed by atoms with Crippen LogP contribution in [0.15, 0.2) is 48.5 Å². The van der Waals surface area contributed by atoms with Crippen LogP contribution in [0.1, 0.15) is 38.8 Å². The number of ether oxygens (including phenoxy) is 1. The van der Waals surface area contributed by atoms with Gasteiger partial charge in [0.25, 0.3) is 0 Å². The van der Waals surface area contributed by atoms with Crippen molar-refractivity contribution in [3.05, 3.63) is 59.7 Å². The van der Waals surface area contributed by atoms with Crippen molar-refractivity contribution in [2.75, 3.05) is 0 Å². The summed E-state index contributed by atoms with van der Waals surface area (Å²) in [6, 6.07) is 16.0. The Balaban J connectivity index is 1.87. The molecule has 0 atom stereocenters. The predicted octanol–water partition coefficient (Wildman–Crippen LogP) is 3.38. The molecule has 0 aliphatic heterocycles. The van der Waals surface area contributed by atoms with Crippen LogP contribution in [0.2, 0.25) is 0 Å². The first-order valence-corrected chi connectivity index (χ1v) is 8.19. The molecule has 2 rings (SSSR count). The van der Waals surface area contributed by atoms with E-state index in [0.29, 0.717) is 6.61 Å². The van der Waals surface area contributed by atoms with Gasteiger partial charge in [-0.2, -0.15) is 0 Å². The molecule has 0 saturated heterocycles. The highest BCUT2D eigenvalue weighted by atomic mass is 16.5. The van der Waals surface area contributed by atoms with Crippen LogP contribution in [0.3, 0.4) is 0 Å². The zero-order valence-corrected chi connectivity index (χ0v) is 15.2. The van der Waals surface area contributed by atoms with Gasteiger partial charge in [-0.05, 0) is 52.3 Å². The van der Waals surface area contributed by atoms with E-state index in [9.17, 15) is 5.11 Å². The van der Waals surface area contributed by atoms with E-state index in [1.54, 1.807) is 21.3 Å². The molecule has 0 saturated carbocycles. The van der Waals surface area contributed by atoms with E-state index in [2.05, 4.69) is 31.2 Å². The molecular formula is C20H26BO3. The highest BCUT2D eigenvalue weighted by Crippen LogP contribution is 2.24. The average molecular weight is 325 g/mol. The van der Waals surface area contributed by atoms with Gasteiger partial charge in [-0.1, -0.05) is 47.4 Å². The Morgan fingerprint density at radius 1 is 0.917 bits per heavy atom. The molecule has 4 heteroatoms. The number of hydrogen-bond acceptors (Lipinski definition) is 3. The number of rotatable bonds is 7. The second kappa shape index (κ2) is 7.41. The highest BCUT2D eigenvalue weighted by Gasteiger charge is 2.35. The third kappa shape index (κ3) is 5.12. The predicted molar refractivity (Wildman–Crippen MR) is 98.8 cm³/mol. The molecule has 0 unspecified atom stereocenters. The molecule has 1 N–H and O–H groups in total. The number of aliphatic hydroxyl groups is 1. The van der Waals surface area contributed by atoms with Crippen molar-refractivity contribution in [2.45, 2.75) is 52.4 Å². The quantitative estimate of drug-likeness (QED) is 0.793. The Kier molecular flexibility index (Phi) is 5.73. The Morgan fingerprint density at radius 2 is 1.50 bits per heavy atom. The van der Waals surface area contributed by atoms with Crippen LogP contribution >= 0.6 is 0 Å². The van der Waals surface area contributed by atoms with Gasteiger partial charge in [-0.15, -0.1) is 0 Å². The van der Waals surface area contributed by atoms with E-state index in [1.807, 2.05) is 38.1 Å². The largest absolute Gasteiger partial charge is 0.489 e. The molecule has 2 aromatic carbocycles. The number of hydrogen-bond donors (Lipinski definition) is 1. The van der Waals surface area contributed by atoms with Gasteiger partial charge in [-0.3, -0.25) is 0 Å². The lowest BCUT2D eigenvalue weighted by atomic mass is 9.82. The first kappa shape index (κ1) is 18.6. The molecule has 0 aliphatic carbocycles. The van der Waals surface area contributed by atoms with E-state index >= 15 is 0 Å². The van der Waals surface area contributed by atoms with Crippen molar-refractivity contribution in [1.82, 2.24) is 0 Å². The van der Waals surface area contributed by atoms with Gasteiger partial charge in [0.1, 0.15) is 12.4 Å². The lowest BCUT2D eigenvalue weighted by Crippen LogP contribution is -2.49. The molecule has 3 nitrogen and oxygen atoms in total. The standard InChI is InChI=1S/C20H26BO3/c1-15-6-8-16(9-7-15)14-23-18-12-10-17(11-13-18)21-24-20(4,5)19(2,3)22/h6-13,22H,14H2,1-5H3. The summed E-state index contributed by atoms with van der Waals surface area (Å²) < 4.78 is 11.5. The summed E-state index contributed by atoms with van der Waals surface area (Å²) in [5.41, 5.74) is 1.71. The second-order valence-corrected chi connectivity index (χ2v) is 7.15. The van der Waals surface area contributed by atoms with E-state index < -0.39 is 11.2 Å². The SMILES string of the molecule is Cc1ccc(COc2ccc([B]OC(C)(C)C(C)(C)O)cc2)cc1. The van der Waals surface area contributed by atoms with E-state index in [0.717, 1.165) is 16.8 Å². The third-order valence-corrected chi connectivity index (χ3v) is 4.37. The van der Waals surface area contributed by atoms with Gasteiger partial charge in [0.05, 0.1) is 11.2 Å². The normalized spacial score (nSPS) is 12.1. The van der Waals surface area contributed by atoms with Crippen molar-refractivity contribution in [2.24, 2.45) is 0 Å². The fourth-order valence-electron chi connectivity index (χ4n) is 1.85. The van der Waals surface area contributed by atoms with Gasteiger partial charge in [-0.25, -0.2) is 0 Å². The topological polar surface area (TPSA) is 38.7 Å². The summed E-state index contributed by atoms with van der Waals surface area (Å²) in [6.07, 6.45) is 0. The van der Waals surface area contributed by atoms with Crippen LogP contribution in [-0.2, 0) is 11.3 Å². The molecule has 2 aromatic rings. The first-order chi connectivity index (χ1) is 11.2. The fraction of sp³-hybridized carbons (Fsp3) is 0.400. The summed E-state index contributed by atoms with van der Waals surface area (Å²) in [7, 11) is 1.67. The smallest absolute Gasteiger partial charge is 0.330 e. The zero-order valence-electron chi connectivity index (χ0n) is 15.2. The monoisotopic (exact) mass is 325 g/mol. The minimum atomic E-state index is -0.930. The fourth-order valence-corrected chi connectivity index (χ4v) is 1.85. The van der Waals surface area contributed by atoms with Crippen LogP contribution in [-0.4, -0.2) is 23.8 Å². The van der Waals surface area contributed by atoms with Crippen LogP contribution < -0.4 is 10.2 Å². The second-order valence-electron chi connectivity index (χ2n) is 7.15. The molecule has 0 aliphatic rings. The van der Waals surface area contributed by atoms with Gasteiger partial charge >= 0.3 is 7.48 Å². The molecule has 0 bridgehead atoms. The van der Waals surface area contributed by atoms with Crippen LogP contribution in [0.25, 0.3) is 0 Å². The molecule has 24 heavy (non-hydrogen) atoms. The van der Waals surface area contributed by atoms with Gasteiger partial charge in [0.15, 0.2) is 0 Å². The van der Waals surface area contributed by atoms with Gasteiger partial charge < -0.3 is 14.5 Å². The summed E-state index contributed by atoms with van der Waals surface area (Å²) in [4.78, 5) is 0. The molecule has 0 spiro atoms. The summed E-state index contributed by atoms with van der Waals surface area (Å²) >= 11 is 0. The molecule has 0 fully saturated rings. The Labute approximate surface area is 145 Å². The van der Waals surface area contributed by atoms with Crippen molar-refractivity contribution >= 4 is 12.9 Å². The minimum absolute atomic E-state index is 0.547. The highest BCUT2D eigenvalue weighted by molar-refractivity contribution is 6.47. The maximum Gasteiger partial charge on any atom is 0.330 e. The van der Waals surface area contributed by atoms with Crippen molar-refractivity contribution in [3.63, 3.8) is 0 Å². The van der Waals surface area contributed by atoms with Crippen molar-refractivity contribution in [1.29, 1.82) is 0 Å². The number of aryl methyl sites for hydroxylation is 1. The van der Waals surface area contributed by atoms with Crippen molar-refractivity contribution < 1.29 is 14.5 Å². The lowest BCUT2D eigenvalue weighted by Gasteiger charge is -2.37. The lowest BCUT2D eigenvalue weighted by molar-refractivity contribution is -0.0893. The van der Waals surface area contributed by atoms with Crippen molar-refractivity contribution in [3.8, 4) is 5.75 Å². The first-order valence-electron chi connectivity index (χ1n) is 8.19. The van der Waals surface area contributed by atoms with E-state index in [4.69, 9.17) is 9.39 Å². The molecule has 127 valence electrons. The summed E-state index contributed by atoms with van der Waals surface area (Å²) in [5.74, 6) is 0.814. The molecule has 0 heterocycles. The Morgan fingerprint density at radius 3 is 2.04 bits per heavy atom. The molecular weight excluding hydrogens is 299 g/mol. The van der Waals surface area contributed by atoms with Gasteiger partial charge in [0, 0.05) is 0 Å². The Hall–Kier alpha value is -1.78. The van der Waals surface area contributed by atoms with Crippen LogP contribution in [0, 0.1) is 6.92 Å². The molecule has 0 aromatic heterocycles.